The maximum atomic E-state index is 11.4. The highest BCUT2D eigenvalue weighted by atomic mass is 32.2. The largest absolute Gasteiger partial charge is 0.465 e. The van der Waals surface area contributed by atoms with Crippen LogP contribution in [0.25, 0.3) is 0 Å². The van der Waals surface area contributed by atoms with E-state index in [4.69, 9.17) is 5.73 Å². The lowest BCUT2D eigenvalue weighted by molar-refractivity contribution is 0.0601. The quantitative estimate of drug-likeness (QED) is 0.502. The van der Waals surface area contributed by atoms with Gasteiger partial charge in [-0.25, -0.2) is 17.9 Å². The highest BCUT2D eigenvalue weighted by Crippen LogP contribution is 2.20. The number of ether oxygens (including phenoxy) is 1. The number of anilines is 2. The number of methoxy groups -OCH3 is 1. The van der Waals surface area contributed by atoms with Crippen LogP contribution >= 0.6 is 0 Å². The van der Waals surface area contributed by atoms with E-state index in [-0.39, 0.29) is 12.3 Å². The molecule has 0 radical (unpaired) electrons. The second-order valence-electron chi connectivity index (χ2n) is 3.74. The van der Waals surface area contributed by atoms with E-state index in [0.29, 0.717) is 16.9 Å². The van der Waals surface area contributed by atoms with Gasteiger partial charge in [0.1, 0.15) is 0 Å². The normalized spacial score (nSPS) is 11.1. The average Bonchev–Trinajstić information content (AvgIpc) is 2.40. The van der Waals surface area contributed by atoms with E-state index in [0.717, 1.165) is 0 Å². The zero-order chi connectivity index (χ0) is 14.5. The highest BCUT2D eigenvalue weighted by Gasteiger charge is 2.10. The van der Waals surface area contributed by atoms with Crippen molar-refractivity contribution in [1.82, 2.24) is 4.72 Å². The first-order chi connectivity index (χ1) is 8.89. The third-order valence-corrected chi connectivity index (χ3v) is 3.84. The summed E-state index contributed by atoms with van der Waals surface area (Å²) in [4.78, 5) is 11.4. The van der Waals surface area contributed by atoms with E-state index in [1.165, 1.54) is 26.3 Å². The Bertz CT molecular complexity index is 557. The number of hydrogen-bond donors (Lipinski definition) is 3. The number of carbonyl (C=O) groups excluding carboxylic acids is 1. The van der Waals surface area contributed by atoms with E-state index in [1.807, 2.05) is 0 Å². The number of sulfonamides is 1. The second-order valence-corrected chi connectivity index (χ2v) is 5.79. The SMILES string of the molecule is CNS(=O)(=O)CCNc1cc(C(=O)OC)ccc1N. The predicted octanol–water partition coefficient (Wildman–Crippen LogP) is 0.0165. The molecule has 0 aromatic heterocycles. The van der Waals surface area contributed by atoms with Gasteiger partial charge in [0.05, 0.1) is 29.8 Å². The zero-order valence-corrected chi connectivity index (χ0v) is 11.6. The lowest BCUT2D eigenvalue weighted by Gasteiger charge is -2.10. The molecule has 0 spiro atoms. The van der Waals surface area contributed by atoms with E-state index < -0.39 is 16.0 Å². The Morgan fingerprint density at radius 2 is 2.11 bits per heavy atom. The van der Waals surface area contributed by atoms with Crippen molar-refractivity contribution in [3.63, 3.8) is 0 Å². The molecule has 0 unspecified atom stereocenters. The Morgan fingerprint density at radius 1 is 1.42 bits per heavy atom. The van der Waals surface area contributed by atoms with Crippen LogP contribution in [0.4, 0.5) is 11.4 Å². The van der Waals surface area contributed by atoms with E-state index in [1.54, 1.807) is 6.07 Å². The number of nitrogen functional groups attached to an aromatic ring is 1. The van der Waals surface area contributed by atoms with Crippen LogP contribution in [0, 0.1) is 0 Å². The smallest absolute Gasteiger partial charge is 0.337 e. The van der Waals surface area contributed by atoms with E-state index in [9.17, 15) is 13.2 Å². The summed E-state index contributed by atoms with van der Waals surface area (Å²) in [5.41, 5.74) is 7.00. The maximum Gasteiger partial charge on any atom is 0.337 e. The van der Waals surface area contributed by atoms with Crippen molar-refractivity contribution in [3.8, 4) is 0 Å². The summed E-state index contributed by atoms with van der Waals surface area (Å²) in [6.07, 6.45) is 0. The van der Waals surface area contributed by atoms with Crippen LogP contribution in [0.2, 0.25) is 0 Å². The first-order valence-electron chi connectivity index (χ1n) is 5.52. The van der Waals surface area contributed by atoms with E-state index >= 15 is 0 Å². The fraction of sp³-hybridized carbons (Fsp3) is 0.364. The lowest BCUT2D eigenvalue weighted by atomic mass is 10.1. The zero-order valence-electron chi connectivity index (χ0n) is 10.8. The molecule has 4 N–H and O–H groups in total. The number of benzene rings is 1. The summed E-state index contributed by atoms with van der Waals surface area (Å²) in [5.74, 6) is -0.573. The van der Waals surface area contributed by atoms with Gasteiger partial charge in [-0.2, -0.15) is 0 Å². The molecule has 0 fully saturated rings. The third kappa shape index (κ3) is 4.42. The maximum absolute atomic E-state index is 11.4. The van der Waals surface area contributed by atoms with Crippen molar-refractivity contribution in [2.75, 3.05) is 37.5 Å². The number of hydrogen-bond acceptors (Lipinski definition) is 6. The van der Waals surface area contributed by atoms with E-state index in [2.05, 4.69) is 14.8 Å². The molecule has 0 saturated carbocycles. The van der Waals surface area contributed by atoms with Crippen LogP contribution in [0.15, 0.2) is 18.2 Å². The van der Waals surface area contributed by atoms with Crippen LogP contribution in [-0.4, -0.2) is 40.8 Å². The fourth-order valence-electron chi connectivity index (χ4n) is 1.38. The minimum absolute atomic E-state index is 0.0919. The molecule has 0 aliphatic heterocycles. The van der Waals surface area contributed by atoms with Crippen LogP contribution < -0.4 is 15.8 Å². The summed E-state index contributed by atoms with van der Waals surface area (Å²) in [6, 6.07) is 4.62. The van der Waals surface area contributed by atoms with Gasteiger partial charge in [-0.1, -0.05) is 0 Å². The van der Waals surface area contributed by atoms with Gasteiger partial charge >= 0.3 is 5.97 Å². The fourth-order valence-corrected chi connectivity index (χ4v) is 1.95. The summed E-state index contributed by atoms with van der Waals surface area (Å²) < 4.78 is 29.3. The number of nitrogens with two attached hydrogens (primary N) is 1. The van der Waals surface area contributed by atoms with Crippen molar-refractivity contribution >= 4 is 27.4 Å². The molecule has 106 valence electrons. The molecule has 0 aliphatic rings. The molecule has 19 heavy (non-hydrogen) atoms. The molecule has 8 heteroatoms. The molecule has 1 rings (SSSR count). The minimum Gasteiger partial charge on any atom is -0.465 e. The van der Waals surface area contributed by atoms with Gasteiger partial charge in [-0.15, -0.1) is 0 Å². The average molecular weight is 287 g/mol. The molecule has 0 bridgehead atoms. The van der Waals surface area contributed by atoms with Crippen molar-refractivity contribution in [3.05, 3.63) is 23.8 Å². The Kier molecular flexibility index (Phi) is 5.13. The number of nitrogens with one attached hydrogen (secondary N) is 2. The van der Waals surface area contributed by atoms with Gasteiger partial charge in [0.15, 0.2) is 0 Å². The minimum atomic E-state index is -3.28. The Hall–Kier alpha value is -1.80. The summed E-state index contributed by atoms with van der Waals surface area (Å²) in [6.45, 7) is 0.179. The van der Waals surface area contributed by atoms with Gasteiger partial charge < -0.3 is 15.8 Å². The highest BCUT2D eigenvalue weighted by molar-refractivity contribution is 7.89. The van der Waals surface area contributed by atoms with Crippen LogP contribution in [-0.2, 0) is 14.8 Å². The summed E-state index contributed by atoms with van der Waals surface area (Å²) in [7, 11) is -0.647. The van der Waals surface area contributed by atoms with Gasteiger partial charge in [0, 0.05) is 6.54 Å². The molecular formula is C11H17N3O4S. The number of carbonyl (C=O) groups is 1. The van der Waals surface area contributed by atoms with Gasteiger partial charge in [0.25, 0.3) is 0 Å². The molecule has 0 aliphatic carbocycles. The first-order valence-corrected chi connectivity index (χ1v) is 7.18. The molecule has 0 saturated heterocycles. The van der Waals surface area contributed by atoms with Crippen molar-refractivity contribution < 1.29 is 17.9 Å². The number of esters is 1. The Morgan fingerprint density at radius 3 is 2.68 bits per heavy atom. The Balaban J connectivity index is 2.75. The van der Waals surface area contributed by atoms with Gasteiger partial charge in [-0.3, -0.25) is 0 Å². The number of rotatable bonds is 6. The monoisotopic (exact) mass is 287 g/mol. The second kappa shape index (κ2) is 6.39. The van der Waals surface area contributed by atoms with Gasteiger partial charge in [0.2, 0.25) is 10.0 Å². The lowest BCUT2D eigenvalue weighted by Crippen LogP contribution is -2.26. The van der Waals surface area contributed by atoms with Crippen molar-refractivity contribution in [1.29, 1.82) is 0 Å². The molecule has 0 amide bonds. The van der Waals surface area contributed by atoms with Crippen LogP contribution in [0.1, 0.15) is 10.4 Å². The predicted molar refractivity (Wildman–Crippen MR) is 73.5 cm³/mol. The molecule has 0 heterocycles. The van der Waals surface area contributed by atoms with Crippen molar-refractivity contribution in [2.24, 2.45) is 0 Å². The molecule has 7 nitrogen and oxygen atoms in total. The molecular weight excluding hydrogens is 270 g/mol. The van der Waals surface area contributed by atoms with Crippen molar-refractivity contribution in [2.45, 2.75) is 0 Å². The van der Waals surface area contributed by atoms with Crippen LogP contribution in [0.5, 0.6) is 0 Å². The standard InChI is InChI=1S/C11H17N3O4S/c1-13-19(16,17)6-5-14-10-7-8(11(15)18-2)3-4-9(10)12/h3-4,7,13-14H,5-6,12H2,1-2H3. The topological polar surface area (TPSA) is 111 Å². The molecule has 1 aromatic rings. The van der Waals surface area contributed by atoms with Gasteiger partial charge in [-0.05, 0) is 25.2 Å². The Labute approximate surface area is 112 Å². The third-order valence-electron chi connectivity index (χ3n) is 2.47. The summed E-state index contributed by atoms with van der Waals surface area (Å²) >= 11 is 0. The first kappa shape index (κ1) is 15.3. The van der Waals surface area contributed by atoms with Crippen LogP contribution in [0.3, 0.4) is 0 Å². The summed E-state index contributed by atoms with van der Waals surface area (Å²) in [5, 5.41) is 2.87. The molecule has 0 atom stereocenters. The molecule has 1 aromatic carbocycles.